The molecule has 0 radical (unpaired) electrons. The number of hydrogen-bond donors (Lipinski definition) is 0. The Balaban J connectivity index is 4.10. The van der Waals surface area contributed by atoms with Crippen LogP contribution in [0, 0.1) is 11.8 Å². The van der Waals surface area contributed by atoms with Gasteiger partial charge in [0.05, 0.1) is 0 Å². The van der Waals surface area contributed by atoms with E-state index in [2.05, 4.69) is 37.5 Å². The molecule has 17 heavy (non-hydrogen) atoms. The van der Waals surface area contributed by atoms with Crippen LogP contribution in [0.25, 0.3) is 0 Å². The molecule has 2 unspecified atom stereocenters. The molecule has 5 heteroatoms. The molecule has 0 aromatic rings. The van der Waals surface area contributed by atoms with E-state index in [1.807, 2.05) is 28.2 Å². The standard InChI is InChI=1S/2C6H14NO.Ni/c2*1-5(2)6(8)7(3)4;/h2*5-6H,1-4H3;/q2*-1;+2. The SMILES string of the molecule is CC(C)C([O][Ni][O]C(C(C)C)N(C)C)N(C)C. The van der Waals surface area contributed by atoms with Crippen LogP contribution >= 0.6 is 0 Å². The molecule has 0 saturated carbocycles. The molecule has 0 amide bonds. The molecular weight excluding hydrogens is 263 g/mol. The summed E-state index contributed by atoms with van der Waals surface area (Å²) in [5.41, 5.74) is 0. The monoisotopic (exact) mass is 290 g/mol. The van der Waals surface area contributed by atoms with E-state index >= 15 is 0 Å². The van der Waals surface area contributed by atoms with Gasteiger partial charge in [-0.05, 0) is 0 Å². The van der Waals surface area contributed by atoms with E-state index in [1.54, 1.807) is 0 Å². The maximum absolute atomic E-state index is 5.71. The Kier molecular flexibility index (Phi) is 8.60. The fourth-order valence-electron chi connectivity index (χ4n) is 1.58. The van der Waals surface area contributed by atoms with E-state index in [-0.39, 0.29) is 12.5 Å². The molecule has 4 nitrogen and oxygen atoms in total. The van der Waals surface area contributed by atoms with Gasteiger partial charge in [0, 0.05) is 0 Å². The zero-order valence-electron chi connectivity index (χ0n) is 12.3. The van der Waals surface area contributed by atoms with Crippen LogP contribution in [0.1, 0.15) is 27.7 Å². The Labute approximate surface area is 113 Å². The summed E-state index contributed by atoms with van der Waals surface area (Å²) < 4.78 is 11.4. The van der Waals surface area contributed by atoms with Crippen molar-refractivity contribution >= 4 is 0 Å². The summed E-state index contributed by atoms with van der Waals surface area (Å²) in [5.74, 6) is 0.868. The van der Waals surface area contributed by atoms with Crippen LogP contribution in [-0.4, -0.2) is 50.4 Å². The van der Waals surface area contributed by atoms with Gasteiger partial charge in [0.1, 0.15) is 0 Å². The molecule has 0 saturated heterocycles. The van der Waals surface area contributed by atoms with E-state index < -0.39 is 0 Å². The Bertz CT molecular complexity index is 163. The quantitative estimate of drug-likeness (QED) is 0.504. The Morgan fingerprint density at radius 1 is 0.706 bits per heavy atom. The molecule has 0 rings (SSSR count). The molecule has 0 heterocycles. The van der Waals surface area contributed by atoms with Gasteiger partial charge in [-0.15, -0.1) is 0 Å². The van der Waals surface area contributed by atoms with Crippen molar-refractivity contribution in [1.82, 2.24) is 9.80 Å². The molecule has 0 fully saturated rings. The van der Waals surface area contributed by atoms with Gasteiger partial charge in [-0.2, -0.15) is 0 Å². The van der Waals surface area contributed by atoms with Gasteiger partial charge in [-0.1, -0.05) is 0 Å². The Morgan fingerprint density at radius 3 is 1.18 bits per heavy atom. The van der Waals surface area contributed by atoms with Crippen LogP contribution in [-0.2, 0) is 22.8 Å². The van der Waals surface area contributed by atoms with Crippen LogP contribution in [0.2, 0.25) is 0 Å². The number of nitrogens with zero attached hydrogens (tertiary/aromatic N) is 2. The van der Waals surface area contributed by atoms with Crippen LogP contribution in [0.3, 0.4) is 0 Å². The van der Waals surface area contributed by atoms with E-state index in [9.17, 15) is 0 Å². The minimum atomic E-state index is 0.0741. The van der Waals surface area contributed by atoms with Crippen molar-refractivity contribution in [3.8, 4) is 0 Å². The molecule has 0 N–H and O–H groups in total. The molecule has 108 valence electrons. The fourth-order valence-corrected chi connectivity index (χ4v) is 2.78. The normalized spacial score (nSPS) is 16.5. The second-order valence-electron chi connectivity index (χ2n) is 5.40. The zero-order valence-corrected chi connectivity index (χ0v) is 13.3. The predicted octanol–water partition coefficient (Wildman–Crippen LogP) is 2.02. The zero-order chi connectivity index (χ0) is 13.6. The third-order valence-corrected chi connectivity index (χ3v) is 3.04. The van der Waals surface area contributed by atoms with Crippen LogP contribution < -0.4 is 0 Å². The summed E-state index contributed by atoms with van der Waals surface area (Å²) in [6.07, 6.45) is 0.148. The summed E-state index contributed by atoms with van der Waals surface area (Å²) in [7, 11) is 8.06. The molecule has 0 aromatic heterocycles. The van der Waals surface area contributed by atoms with Crippen molar-refractivity contribution in [3.05, 3.63) is 0 Å². The van der Waals surface area contributed by atoms with Gasteiger partial charge in [0.2, 0.25) is 0 Å². The minimum absolute atomic E-state index is 0.0741. The van der Waals surface area contributed by atoms with Crippen molar-refractivity contribution in [3.63, 3.8) is 0 Å². The first-order valence-electron chi connectivity index (χ1n) is 6.01. The Morgan fingerprint density at radius 2 is 1.00 bits per heavy atom. The van der Waals surface area contributed by atoms with Gasteiger partial charge >= 0.3 is 113 Å². The summed E-state index contributed by atoms with van der Waals surface area (Å²) in [6.45, 7) is 8.56. The average molecular weight is 291 g/mol. The molecule has 0 aliphatic carbocycles. The second-order valence-corrected chi connectivity index (χ2v) is 6.03. The summed E-state index contributed by atoms with van der Waals surface area (Å²) >= 11 is 0.908. The summed E-state index contributed by atoms with van der Waals surface area (Å²) in [5, 5.41) is 0. The van der Waals surface area contributed by atoms with Crippen LogP contribution in [0.4, 0.5) is 0 Å². The average Bonchev–Trinajstić information content (AvgIpc) is 2.14. The molecule has 0 bridgehead atoms. The topological polar surface area (TPSA) is 24.9 Å². The first-order chi connectivity index (χ1) is 7.77. The molecule has 0 aromatic carbocycles. The van der Waals surface area contributed by atoms with Gasteiger partial charge in [0.25, 0.3) is 0 Å². The van der Waals surface area contributed by atoms with Crippen LogP contribution in [0.5, 0.6) is 0 Å². The van der Waals surface area contributed by atoms with Gasteiger partial charge in [-0.25, -0.2) is 0 Å². The van der Waals surface area contributed by atoms with E-state index in [4.69, 9.17) is 7.76 Å². The van der Waals surface area contributed by atoms with Crippen molar-refractivity contribution < 1.29 is 22.8 Å². The molecule has 0 aliphatic heterocycles. The van der Waals surface area contributed by atoms with E-state index in [0.29, 0.717) is 11.8 Å². The third kappa shape index (κ3) is 6.73. The first-order valence-corrected chi connectivity index (χ1v) is 6.82. The Hall–Kier alpha value is 0.334. The first kappa shape index (κ1) is 17.3. The number of hydrogen-bond acceptors (Lipinski definition) is 4. The summed E-state index contributed by atoms with van der Waals surface area (Å²) in [4.78, 5) is 4.12. The van der Waals surface area contributed by atoms with E-state index in [1.165, 1.54) is 0 Å². The predicted molar refractivity (Wildman–Crippen MR) is 66.8 cm³/mol. The number of rotatable bonds is 8. The van der Waals surface area contributed by atoms with Crippen LogP contribution in [0.15, 0.2) is 0 Å². The van der Waals surface area contributed by atoms with Crippen molar-refractivity contribution in [2.75, 3.05) is 28.2 Å². The summed E-state index contributed by atoms with van der Waals surface area (Å²) in [6, 6.07) is 0. The van der Waals surface area contributed by atoms with Gasteiger partial charge in [0.15, 0.2) is 0 Å². The second kappa shape index (κ2) is 8.44. The van der Waals surface area contributed by atoms with Gasteiger partial charge in [-0.3, -0.25) is 0 Å². The van der Waals surface area contributed by atoms with Crippen molar-refractivity contribution in [2.45, 2.75) is 40.2 Å². The fraction of sp³-hybridized carbons (Fsp3) is 1.00. The molecule has 0 aliphatic rings. The molecule has 2 atom stereocenters. The molecular formula is C12H28N2NiO2. The van der Waals surface area contributed by atoms with Gasteiger partial charge < -0.3 is 0 Å². The van der Waals surface area contributed by atoms with Crippen molar-refractivity contribution in [2.24, 2.45) is 11.8 Å². The van der Waals surface area contributed by atoms with Crippen molar-refractivity contribution in [1.29, 1.82) is 0 Å². The van der Waals surface area contributed by atoms with E-state index in [0.717, 1.165) is 15.1 Å². The molecule has 0 spiro atoms. The maximum atomic E-state index is 5.71. The third-order valence-electron chi connectivity index (χ3n) is 2.37.